The molecule has 3 aliphatic heterocycles. The summed E-state index contributed by atoms with van der Waals surface area (Å²) in [7, 11) is 0. The van der Waals surface area contributed by atoms with E-state index in [0.29, 0.717) is 23.9 Å². The smallest absolute Gasteiger partial charge is 0.222 e. The second-order valence-electron chi connectivity index (χ2n) is 7.53. The fourth-order valence-electron chi connectivity index (χ4n) is 4.47. The normalized spacial score (nSPS) is 27.7. The summed E-state index contributed by atoms with van der Waals surface area (Å²) in [5.41, 5.74) is 0.817. The van der Waals surface area contributed by atoms with Crippen LogP contribution in [0.5, 0.6) is 0 Å². The van der Waals surface area contributed by atoms with Crippen LogP contribution in [0.3, 0.4) is 0 Å². The summed E-state index contributed by atoms with van der Waals surface area (Å²) < 4.78 is 5.62. The fourth-order valence-corrected chi connectivity index (χ4v) is 4.47. The summed E-state index contributed by atoms with van der Waals surface area (Å²) in [6, 6.07) is 6.13. The van der Waals surface area contributed by atoms with E-state index in [1.807, 2.05) is 6.07 Å². The monoisotopic (exact) mass is 340 g/mol. The minimum Gasteiger partial charge on any atom is -0.381 e. The first-order chi connectivity index (χ1) is 12.2. The van der Waals surface area contributed by atoms with Gasteiger partial charge in [-0.3, -0.25) is 4.79 Å². The van der Waals surface area contributed by atoms with Crippen LogP contribution in [0.25, 0.3) is 0 Å². The molecule has 0 bridgehead atoms. The van der Waals surface area contributed by atoms with Crippen LogP contribution in [0, 0.1) is 16.7 Å². The summed E-state index contributed by atoms with van der Waals surface area (Å²) in [6.45, 7) is 4.16. The zero-order chi connectivity index (χ0) is 17.3. The Labute approximate surface area is 148 Å². The molecule has 6 nitrogen and oxygen atoms in total. The summed E-state index contributed by atoms with van der Waals surface area (Å²) in [6.07, 6.45) is 6.31. The van der Waals surface area contributed by atoms with Gasteiger partial charge in [-0.1, -0.05) is 0 Å². The van der Waals surface area contributed by atoms with Crippen LogP contribution in [0.1, 0.15) is 37.7 Å². The molecule has 6 heteroatoms. The number of anilines is 1. The third kappa shape index (κ3) is 3.09. The number of rotatable bonds is 2. The second kappa shape index (κ2) is 6.64. The van der Waals surface area contributed by atoms with Crippen LogP contribution in [-0.4, -0.2) is 54.7 Å². The number of ether oxygens (including phenoxy) is 1. The van der Waals surface area contributed by atoms with E-state index in [0.717, 1.165) is 64.3 Å². The van der Waals surface area contributed by atoms with Gasteiger partial charge in [0.15, 0.2) is 0 Å². The number of hydrogen-bond donors (Lipinski definition) is 0. The molecule has 1 spiro atoms. The predicted molar refractivity (Wildman–Crippen MR) is 93.0 cm³/mol. The van der Waals surface area contributed by atoms with E-state index in [2.05, 4.69) is 20.9 Å². The summed E-state index contributed by atoms with van der Waals surface area (Å²) in [4.78, 5) is 21.2. The number of pyridine rings is 1. The number of nitriles is 1. The molecule has 3 aliphatic rings. The standard InChI is InChI=1S/C19H24N4O2/c20-12-15-2-1-8-21-18(15)22-9-4-16(5-10-22)23-13-19(6-3-17(23)24)7-11-25-14-19/h1-2,8,16H,3-7,9-11,13-14H2/t19-/m1/s1. The molecule has 1 atom stereocenters. The molecule has 25 heavy (non-hydrogen) atoms. The summed E-state index contributed by atoms with van der Waals surface area (Å²) in [5.74, 6) is 1.07. The van der Waals surface area contributed by atoms with Gasteiger partial charge in [-0.15, -0.1) is 0 Å². The number of amides is 1. The molecule has 3 fully saturated rings. The Kier molecular flexibility index (Phi) is 4.34. The van der Waals surface area contributed by atoms with Crippen molar-refractivity contribution in [2.45, 2.75) is 38.1 Å². The molecule has 1 aromatic rings. The van der Waals surface area contributed by atoms with Crippen LogP contribution in [0.4, 0.5) is 5.82 Å². The van der Waals surface area contributed by atoms with Crippen molar-refractivity contribution in [3.05, 3.63) is 23.9 Å². The van der Waals surface area contributed by atoms with E-state index < -0.39 is 0 Å². The molecule has 1 aromatic heterocycles. The first-order valence-corrected chi connectivity index (χ1v) is 9.18. The SMILES string of the molecule is N#Cc1cccnc1N1CCC(N2C[C@]3(CCOC3)CCC2=O)CC1. The van der Waals surface area contributed by atoms with Crippen molar-refractivity contribution in [1.82, 2.24) is 9.88 Å². The van der Waals surface area contributed by atoms with Crippen molar-refractivity contribution in [3.63, 3.8) is 0 Å². The Balaban J connectivity index is 1.43. The van der Waals surface area contributed by atoms with Crippen molar-refractivity contribution < 1.29 is 9.53 Å². The maximum Gasteiger partial charge on any atom is 0.222 e. The molecule has 4 rings (SSSR count). The topological polar surface area (TPSA) is 69.5 Å². The molecule has 0 saturated carbocycles. The van der Waals surface area contributed by atoms with Crippen LogP contribution >= 0.6 is 0 Å². The second-order valence-corrected chi connectivity index (χ2v) is 7.53. The molecule has 132 valence electrons. The lowest BCUT2D eigenvalue weighted by Gasteiger charge is -2.45. The predicted octanol–water partition coefficient (Wildman–Crippen LogP) is 1.95. The number of carbonyl (C=O) groups is 1. The summed E-state index contributed by atoms with van der Waals surface area (Å²) >= 11 is 0. The number of nitrogens with zero attached hydrogens (tertiary/aromatic N) is 4. The molecule has 0 aliphatic carbocycles. The molecule has 0 aromatic carbocycles. The minimum atomic E-state index is 0.194. The quantitative estimate of drug-likeness (QED) is 0.823. The Morgan fingerprint density at radius 1 is 1.32 bits per heavy atom. The molecule has 1 amide bonds. The van der Waals surface area contributed by atoms with Gasteiger partial charge in [-0.05, 0) is 37.8 Å². The maximum atomic E-state index is 12.5. The first-order valence-electron chi connectivity index (χ1n) is 9.18. The average molecular weight is 340 g/mol. The zero-order valence-electron chi connectivity index (χ0n) is 14.5. The van der Waals surface area contributed by atoms with E-state index in [1.165, 1.54) is 0 Å². The third-order valence-corrected chi connectivity index (χ3v) is 5.99. The fraction of sp³-hybridized carbons (Fsp3) is 0.632. The van der Waals surface area contributed by atoms with Gasteiger partial charge in [0.1, 0.15) is 11.9 Å². The van der Waals surface area contributed by atoms with Crippen LogP contribution in [0.2, 0.25) is 0 Å². The first kappa shape index (κ1) is 16.3. The van der Waals surface area contributed by atoms with Gasteiger partial charge < -0.3 is 14.5 Å². The van der Waals surface area contributed by atoms with E-state index >= 15 is 0 Å². The highest BCUT2D eigenvalue weighted by Crippen LogP contribution is 2.39. The van der Waals surface area contributed by atoms with Gasteiger partial charge in [0.25, 0.3) is 0 Å². The minimum absolute atomic E-state index is 0.194. The van der Waals surface area contributed by atoms with Gasteiger partial charge in [0, 0.05) is 50.3 Å². The van der Waals surface area contributed by atoms with Gasteiger partial charge in [0.05, 0.1) is 12.2 Å². The Morgan fingerprint density at radius 3 is 2.88 bits per heavy atom. The van der Waals surface area contributed by atoms with E-state index in [1.54, 1.807) is 12.3 Å². The lowest BCUT2D eigenvalue weighted by Crippen LogP contribution is -2.54. The molecule has 0 N–H and O–H groups in total. The van der Waals surface area contributed by atoms with Crippen molar-refractivity contribution >= 4 is 11.7 Å². The van der Waals surface area contributed by atoms with E-state index in [9.17, 15) is 10.1 Å². The van der Waals surface area contributed by atoms with Crippen LogP contribution in [0.15, 0.2) is 18.3 Å². The van der Waals surface area contributed by atoms with E-state index in [-0.39, 0.29) is 5.41 Å². The maximum absolute atomic E-state index is 12.5. The molecule has 4 heterocycles. The van der Waals surface area contributed by atoms with Gasteiger partial charge in [0.2, 0.25) is 5.91 Å². The Hall–Kier alpha value is -2.13. The number of piperidine rings is 2. The zero-order valence-corrected chi connectivity index (χ0v) is 14.5. The third-order valence-electron chi connectivity index (χ3n) is 5.99. The highest BCUT2D eigenvalue weighted by atomic mass is 16.5. The molecule has 0 unspecified atom stereocenters. The Morgan fingerprint density at radius 2 is 2.16 bits per heavy atom. The van der Waals surface area contributed by atoms with Gasteiger partial charge >= 0.3 is 0 Å². The number of hydrogen-bond acceptors (Lipinski definition) is 5. The highest BCUT2D eigenvalue weighted by molar-refractivity contribution is 5.77. The van der Waals surface area contributed by atoms with Crippen LogP contribution < -0.4 is 4.90 Å². The largest absolute Gasteiger partial charge is 0.381 e. The Bertz CT molecular complexity index is 685. The summed E-state index contributed by atoms with van der Waals surface area (Å²) in [5, 5.41) is 9.28. The van der Waals surface area contributed by atoms with Crippen LogP contribution in [-0.2, 0) is 9.53 Å². The number of likely N-dealkylation sites (tertiary alicyclic amines) is 1. The van der Waals surface area contributed by atoms with Crippen molar-refractivity contribution in [3.8, 4) is 6.07 Å². The molecular formula is C19H24N4O2. The number of aromatic nitrogens is 1. The lowest BCUT2D eigenvalue weighted by atomic mass is 9.78. The highest BCUT2D eigenvalue weighted by Gasteiger charge is 2.44. The lowest BCUT2D eigenvalue weighted by molar-refractivity contribution is -0.141. The number of carbonyl (C=O) groups excluding carboxylic acids is 1. The average Bonchev–Trinajstić information content (AvgIpc) is 3.12. The van der Waals surface area contributed by atoms with Crippen molar-refractivity contribution in [1.29, 1.82) is 5.26 Å². The van der Waals surface area contributed by atoms with Crippen molar-refractivity contribution in [2.24, 2.45) is 5.41 Å². The molecule has 3 saturated heterocycles. The van der Waals surface area contributed by atoms with E-state index in [4.69, 9.17) is 4.74 Å². The van der Waals surface area contributed by atoms with Gasteiger partial charge in [-0.2, -0.15) is 5.26 Å². The van der Waals surface area contributed by atoms with Gasteiger partial charge in [-0.25, -0.2) is 4.98 Å². The molecular weight excluding hydrogens is 316 g/mol. The molecule has 0 radical (unpaired) electrons. The van der Waals surface area contributed by atoms with Crippen molar-refractivity contribution in [2.75, 3.05) is 37.7 Å².